The van der Waals surface area contributed by atoms with Crippen molar-refractivity contribution < 1.29 is 19.1 Å². The lowest BCUT2D eigenvalue weighted by Crippen LogP contribution is -2.30. The highest BCUT2D eigenvalue weighted by Crippen LogP contribution is 2.14. The van der Waals surface area contributed by atoms with Crippen LogP contribution in [0.1, 0.15) is 40.3 Å². The maximum Gasteiger partial charge on any atom is 0.338 e. The molecular formula is C22H21N3O4. The first-order chi connectivity index (χ1) is 13.8. The van der Waals surface area contributed by atoms with Crippen LogP contribution in [-0.4, -0.2) is 33.5 Å². The summed E-state index contributed by atoms with van der Waals surface area (Å²) in [5.41, 5.74) is 3.20. The Bertz CT molecular complexity index is 1040. The molecule has 0 radical (unpaired) electrons. The van der Waals surface area contributed by atoms with Crippen LogP contribution in [0.25, 0.3) is 5.69 Å². The number of hydrogen-bond acceptors (Lipinski definition) is 5. The largest absolute Gasteiger partial charge is 0.449 e. The van der Waals surface area contributed by atoms with E-state index in [1.165, 1.54) is 13.8 Å². The van der Waals surface area contributed by atoms with Gasteiger partial charge >= 0.3 is 5.97 Å². The SMILES string of the molecule is CC(=O)c1ccc(NC(=O)[C@@H](C)OC(=O)c2ccc(-n3nccc3C)cc2)cc1. The molecule has 29 heavy (non-hydrogen) atoms. The van der Waals surface area contributed by atoms with E-state index in [9.17, 15) is 14.4 Å². The van der Waals surface area contributed by atoms with Crippen LogP contribution >= 0.6 is 0 Å². The molecule has 1 atom stereocenters. The van der Waals surface area contributed by atoms with Crippen molar-refractivity contribution in [3.63, 3.8) is 0 Å². The summed E-state index contributed by atoms with van der Waals surface area (Å²) in [4.78, 5) is 35.9. The number of aryl methyl sites for hydroxylation is 1. The normalized spacial score (nSPS) is 11.6. The molecule has 0 spiro atoms. The van der Waals surface area contributed by atoms with Crippen LogP contribution in [0.2, 0.25) is 0 Å². The maximum atomic E-state index is 12.3. The van der Waals surface area contributed by atoms with Crippen molar-refractivity contribution in [2.75, 3.05) is 5.32 Å². The summed E-state index contributed by atoms with van der Waals surface area (Å²) in [6.45, 7) is 4.90. The third-order valence-electron chi connectivity index (χ3n) is 4.39. The molecule has 148 valence electrons. The van der Waals surface area contributed by atoms with Gasteiger partial charge in [0, 0.05) is 23.1 Å². The van der Waals surface area contributed by atoms with Crippen molar-refractivity contribution in [1.82, 2.24) is 9.78 Å². The molecule has 0 saturated carbocycles. The van der Waals surface area contributed by atoms with Gasteiger partial charge in [0.1, 0.15) is 0 Å². The smallest absolute Gasteiger partial charge is 0.338 e. The minimum atomic E-state index is -0.983. The Morgan fingerprint density at radius 1 is 0.966 bits per heavy atom. The molecule has 0 aliphatic rings. The zero-order valence-corrected chi connectivity index (χ0v) is 16.4. The Kier molecular flexibility index (Phi) is 5.87. The van der Waals surface area contributed by atoms with E-state index in [1.807, 2.05) is 13.0 Å². The molecule has 3 aromatic rings. The molecule has 1 N–H and O–H groups in total. The summed E-state index contributed by atoms with van der Waals surface area (Å²) < 4.78 is 7.01. The lowest BCUT2D eigenvalue weighted by Gasteiger charge is -2.14. The van der Waals surface area contributed by atoms with Gasteiger partial charge in [0.05, 0.1) is 11.3 Å². The van der Waals surface area contributed by atoms with Gasteiger partial charge in [0.25, 0.3) is 5.91 Å². The summed E-state index contributed by atoms with van der Waals surface area (Å²) in [6.07, 6.45) is 0.717. The standard InChI is InChI=1S/C22H21N3O4/c1-14-12-13-23-25(14)20-10-6-18(7-11-20)22(28)29-16(3)21(27)24-19-8-4-17(5-9-19)15(2)26/h4-13,16H,1-3H3,(H,24,27)/t16-/m1/s1. The van der Waals surface area contributed by atoms with Crippen molar-refractivity contribution in [2.45, 2.75) is 26.9 Å². The topological polar surface area (TPSA) is 90.3 Å². The van der Waals surface area contributed by atoms with Gasteiger partial charge in [0.2, 0.25) is 0 Å². The Hall–Kier alpha value is -3.74. The molecule has 0 aliphatic carbocycles. The first kappa shape index (κ1) is 20.0. The second kappa shape index (κ2) is 8.52. The number of nitrogens with zero attached hydrogens (tertiary/aromatic N) is 2. The number of nitrogens with one attached hydrogen (secondary N) is 1. The molecule has 0 fully saturated rings. The molecule has 0 aliphatic heterocycles. The molecule has 1 heterocycles. The average Bonchev–Trinajstić information content (AvgIpc) is 3.14. The highest BCUT2D eigenvalue weighted by molar-refractivity contribution is 5.98. The van der Waals surface area contributed by atoms with E-state index in [-0.39, 0.29) is 5.78 Å². The van der Waals surface area contributed by atoms with Crippen LogP contribution in [0.5, 0.6) is 0 Å². The summed E-state index contributed by atoms with van der Waals surface area (Å²) in [6, 6.07) is 15.2. The number of esters is 1. The fourth-order valence-electron chi connectivity index (χ4n) is 2.69. The van der Waals surface area contributed by atoms with E-state index >= 15 is 0 Å². The number of aromatic nitrogens is 2. The van der Waals surface area contributed by atoms with E-state index in [4.69, 9.17) is 4.74 Å². The van der Waals surface area contributed by atoms with Gasteiger partial charge in [-0.3, -0.25) is 9.59 Å². The molecule has 0 bridgehead atoms. The number of carbonyl (C=O) groups excluding carboxylic acids is 3. The van der Waals surface area contributed by atoms with Crippen molar-refractivity contribution in [3.05, 3.63) is 77.6 Å². The number of Topliss-reactive ketones (excluding diaryl/α,β-unsaturated/α-hetero) is 1. The van der Waals surface area contributed by atoms with E-state index in [0.717, 1.165) is 11.4 Å². The quantitative estimate of drug-likeness (QED) is 0.512. The Labute approximate surface area is 168 Å². The third-order valence-corrected chi connectivity index (χ3v) is 4.39. The summed E-state index contributed by atoms with van der Waals surface area (Å²) in [5, 5.41) is 6.88. The molecule has 0 saturated heterocycles. The van der Waals surface area contributed by atoms with Gasteiger partial charge in [-0.05, 0) is 75.4 Å². The fraction of sp³-hybridized carbons (Fsp3) is 0.182. The first-order valence-electron chi connectivity index (χ1n) is 9.09. The van der Waals surface area contributed by atoms with Gasteiger partial charge in [-0.1, -0.05) is 0 Å². The number of hydrogen-bond donors (Lipinski definition) is 1. The number of anilines is 1. The van der Waals surface area contributed by atoms with Crippen LogP contribution in [0.4, 0.5) is 5.69 Å². The number of carbonyl (C=O) groups is 3. The van der Waals surface area contributed by atoms with Crippen molar-refractivity contribution in [1.29, 1.82) is 0 Å². The van der Waals surface area contributed by atoms with Gasteiger partial charge in [-0.2, -0.15) is 5.10 Å². The number of benzene rings is 2. The van der Waals surface area contributed by atoms with Crippen LogP contribution < -0.4 is 5.32 Å². The molecule has 7 heteroatoms. The maximum absolute atomic E-state index is 12.3. The van der Waals surface area contributed by atoms with Crippen LogP contribution in [-0.2, 0) is 9.53 Å². The third kappa shape index (κ3) is 4.76. The predicted molar refractivity (Wildman–Crippen MR) is 108 cm³/mol. The summed E-state index contributed by atoms with van der Waals surface area (Å²) >= 11 is 0. The van der Waals surface area contributed by atoms with Crippen molar-refractivity contribution in [3.8, 4) is 5.69 Å². The number of ether oxygens (including phenoxy) is 1. The van der Waals surface area contributed by atoms with Crippen LogP contribution in [0.3, 0.4) is 0 Å². The first-order valence-corrected chi connectivity index (χ1v) is 9.09. The average molecular weight is 391 g/mol. The lowest BCUT2D eigenvalue weighted by atomic mass is 10.1. The van der Waals surface area contributed by atoms with E-state index in [2.05, 4.69) is 10.4 Å². The van der Waals surface area contributed by atoms with Gasteiger partial charge in [-0.15, -0.1) is 0 Å². The molecule has 2 aromatic carbocycles. The second-order valence-electron chi connectivity index (χ2n) is 6.60. The highest BCUT2D eigenvalue weighted by Gasteiger charge is 2.19. The zero-order valence-electron chi connectivity index (χ0n) is 16.4. The molecule has 0 unspecified atom stereocenters. The van der Waals surface area contributed by atoms with Crippen LogP contribution in [0.15, 0.2) is 60.8 Å². The zero-order chi connectivity index (χ0) is 21.0. The van der Waals surface area contributed by atoms with Crippen molar-refractivity contribution in [2.24, 2.45) is 0 Å². The predicted octanol–water partition coefficient (Wildman–Crippen LogP) is 3.57. The van der Waals surface area contributed by atoms with Gasteiger partial charge < -0.3 is 10.1 Å². The highest BCUT2D eigenvalue weighted by atomic mass is 16.5. The number of amides is 1. The van der Waals surface area contributed by atoms with E-state index < -0.39 is 18.0 Å². The Morgan fingerprint density at radius 3 is 2.14 bits per heavy atom. The molecule has 3 rings (SSSR count). The molecule has 1 aromatic heterocycles. The van der Waals surface area contributed by atoms with Crippen LogP contribution in [0, 0.1) is 6.92 Å². The van der Waals surface area contributed by atoms with Gasteiger partial charge in [-0.25, -0.2) is 9.48 Å². The lowest BCUT2D eigenvalue weighted by molar-refractivity contribution is -0.123. The minimum Gasteiger partial charge on any atom is -0.449 e. The van der Waals surface area contributed by atoms with Crippen molar-refractivity contribution >= 4 is 23.3 Å². The fourth-order valence-corrected chi connectivity index (χ4v) is 2.69. The van der Waals surface area contributed by atoms with Gasteiger partial charge in [0.15, 0.2) is 11.9 Å². The summed E-state index contributed by atoms with van der Waals surface area (Å²) in [7, 11) is 0. The Balaban J connectivity index is 1.60. The number of rotatable bonds is 6. The second-order valence-corrected chi connectivity index (χ2v) is 6.60. The number of ketones is 1. The minimum absolute atomic E-state index is 0.0566. The van der Waals surface area contributed by atoms with E-state index in [1.54, 1.807) is 59.4 Å². The molecular weight excluding hydrogens is 370 g/mol. The Morgan fingerprint density at radius 2 is 1.59 bits per heavy atom. The monoisotopic (exact) mass is 391 g/mol. The summed E-state index contributed by atoms with van der Waals surface area (Å²) in [5.74, 6) is -1.11. The molecule has 7 nitrogen and oxygen atoms in total. The molecule has 1 amide bonds. The van der Waals surface area contributed by atoms with E-state index in [0.29, 0.717) is 16.8 Å².